The molecule has 0 amide bonds. The van der Waals surface area contributed by atoms with Crippen molar-refractivity contribution in [2.75, 3.05) is 13.2 Å². The van der Waals surface area contributed by atoms with E-state index in [1.165, 1.54) is 5.57 Å². The molecule has 1 aromatic carbocycles. The van der Waals surface area contributed by atoms with Crippen molar-refractivity contribution in [3.8, 4) is 18.1 Å². The molecule has 0 aliphatic carbocycles. The summed E-state index contributed by atoms with van der Waals surface area (Å²) in [5.41, 5.74) is 4.55. The minimum atomic E-state index is 0.294. The molecule has 0 radical (unpaired) electrons. The lowest BCUT2D eigenvalue weighted by Gasteiger charge is -2.31. The molecule has 2 nitrogen and oxygen atoms in total. The van der Waals surface area contributed by atoms with Gasteiger partial charge in [-0.3, -0.25) is 0 Å². The molecule has 0 aromatic heterocycles. The van der Waals surface area contributed by atoms with Crippen molar-refractivity contribution in [1.82, 2.24) is 4.90 Å². The molecule has 0 unspecified atom stereocenters. The summed E-state index contributed by atoms with van der Waals surface area (Å²) in [5, 5.41) is 0. The van der Waals surface area contributed by atoms with E-state index in [4.69, 9.17) is 11.2 Å². The Hall–Kier alpha value is -2.40. The molecular formula is C18H19NO. The molecule has 1 aromatic rings. The molecule has 0 bridgehead atoms. The van der Waals surface area contributed by atoms with Gasteiger partial charge in [-0.25, -0.2) is 0 Å². The van der Waals surface area contributed by atoms with Crippen LogP contribution in [0.2, 0.25) is 0 Å². The van der Waals surface area contributed by atoms with Crippen molar-refractivity contribution in [3.05, 3.63) is 59.8 Å². The molecule has 0 spiro atoms. The van der Waals surface area contributed by atoms with Crippen molar-refractivity contribution in [2.24, 2.45) is 0 Å². The van der Waals surface area contributed by atoms with Crippen LogP contribution in [0, 0.1) is 12.3 Å². The first-order valence-corrected chi connectivity index (χ1v) is 6.69. The summed E-state index contributed by atoms with van der Waals surface area (Å²) < 4.78 is 5.39. The fourth-order valence-electron chi connectivity index (χ4n) is 2.21. The highest BCUT2D eigenvalue weighted by Crippen LogP contribution is 2.30. The van der Waals surface area contributed by atoms with Crippen LogP contribution in [0.15, 0.2) is 54.3 Å². The first kappa shape index (κ1) is 14.0. The maximum absolute atomic E-state index is 5.39. The number of allylic oxidation sites excluding steroid dienone is 3. The molecule has 1 heterocycles. The van der Waals surface area contributed by atoms with E-state index >= 15 is 0 Å². The highest BCUT2D eigenvalue weighted by Gasteiger charge is 2.17. The van der Waals surface area contributed by atoms with E-state index in [-0.39, 0.29) is 0 Å². The van der Waals surface area contributed by atoms with Crippen LogP contribution in [0.1, 0.15) is 19.4 Å². The second-order valence-corrected chi connectivity index (χ2v) is 4.61. The lowest BCUT2D eigenvalue weighted by Crippen LogP contribution is -2.23. The van der Waals surface area contributed by atoms with Crippen LogP contribution in [-0.4, -0.2) is 18.1 Å². The number of nitrogens with zero attached hydrogens (tertiary/aromatic N) is 1. The number of benzene rings is 1. The summed E-state index contributed by atoms with van der Waals surface area (Å²) in [6, 6.07) is 7.97. The Bertz CT molecular complexity index is 599. The summed E-state index contributed by atoms with van der Waals surface area (Å²) in [5.74, 6) is 3.25. The molecule has 1 aliphatic heterocycles. The SMILES string of the molecule is C#CCOc1ccc(C2=CC=C(C)C(=C)N2CC)cc1. The van der Waals surface area contributed by atoms with Gasteiger partial charge in [0.1, 0.15) is 12.4 Å². The van der Waals surface area contributed by atoms with Crippen molar-refractivity contribution in [1.29, 1.82) is 0 Å². The third-order valence-electron chi connectivity index (χ3n) is 3.35. The summed E-state index contributed by atoms with van der Waals surface area (Å²) in [6.45, 7) is 9.54. The Morgan fingerprint density at radius 1 is 1.25 bits per heavy atom. The van der Waals surface area contributed by atoms with Crippen molar-refractivity contribution in [3.63, 3.8) is 0 Å². The fraction of sp³-hybridized carbons (Fsp3) is 0.222. The van der Waals surface area contributed by atoms with Gasteiger partial charge < -0.3 is 9.64 Å². The first-order chi connectivity index (χ1) is 9.67. The van der Waals surface area contributed by atoms with Gasteiger partial charge in [-0.2, -0.15) is 0 Å². The van der Waals surface area contributed by atoms with Gasteiger partial charge in [0.2, 0.25) is 0 Å². The van der Waals surface area contributed by atoms with Gasteiger partial charge in [0, 0.05) is 17.9 Å². The van der Waals surface area contributed by atoms with Gasteiger partial charge in [0.15, 0.2) is 0 Å². The molecule has 102 valence electrons. The molecule has 0 saturated heterocycles. The Labute approximate surface area is 121 Å². The van der Waals surface area contributed by atoms with Gasteiger partial charge >= 0.3 is 0 Å². The molecule has 1 aliphatic rings. The van der Waals surface area contributed by atoms with E-state index in [1.807, 2.05) is 24.3 Å². The number of ether oxygens (including phenoxy) is 1. The smallest absolute Gasteiger partial charge is 0.148 e. The van der Waals surface area contributed by atoms with Crippen LogP contribution in [-0.2, 0) is 0 Å². The van der Waals surface area contributed by atoms with Crippen LogP contribution in [0.25, 0.3) is 5.70 Å². The standard InChI is InChI=1S/C18H19NO/c1-5-13-20-17-10-8-16(9-11-17)18-12-7-14(3)15(4)19(18)6-2/h1,7-12H,4,6,13H2,2-3H3. The maximum atomic E-state index is 5.39. The van der Waals surface area contributed by atoms with Gasteiger partial charge in [0.05, 0.1) is 0 Å². The predicted octanol–water partition coefficient (Wildman–Crippen LogP) is 3.84. The third kappa shape index (κ3) is 2.78. The predicted molar refractivity (Wildman–Crippen MR) is 84.0 cm³/mol. The van der Waals surface area contributed by atoms with Crippen molar-refractivity contribution < 1.29 is 4.74 Å². The monoisotopic (exact) mass is 265 g/mol. The van der Waals surface area contributed by atoms with E-state index in [2.05, 4.69) is 43.4 Å². The maximum Gasteiger partial charge on any atom is 0.148 e. The summed E-state index contributed by atoms with van der Waals surface area (Å²) in [4.78, 5) is 2.21. The number of likely N-dealkylation sites (N-methyl/N-ethyl adjacent to an activating group) is 1. The van der Waals surface area contributed by atoms with Crippen molar-refractivity contribution in [2.45, 2.75) is 13.8 Å². The van der Waals surface area contributed by atoms with Gasteiger partial charge in [-0.05, 0) is 55.3 Å². The highest BCUT2D eigenvalue weighted by atomic mass is 16.5. The average molecular weight is 265 g/mol. The minimum absolute atomic E-state index is 0.294. The van der Waals surface area contributed by atoms with Crippen molar-refractivity contribution >= 4 is 5.70 Å². The molecule has 0 atom stereocenters. The zero-order valence-electron chi connectivity index (χ0n) is 12.0. The third-order valence-corrected chi connectivity index (χ3v) is 3.35. The number of rotatable bonds is 4. The molecule has 2 heteroatoms. The quantitative estimate of drug-likeness (QED) is 0.767. The second-order valence-electron chi connectivity index (χ2n) is 4.61. The first-order valence-electron chi connectivity index (χ1n) is 6.69. The fourth-order valence-corrected chi connectivity index (χ4v) is 2.21. The second kappa shape index (κ2) is 6.16. The molecule has 20 heavy (non-hydrogen) atoms. The van der Waals surface area contributed by atoms with Crippen LogP contribution in [0.4, 0.5) is 0 Å². The van der Waals surface area contributed by atoms with Crippen LogP contribution in [0.3, 0.4) is 0 Å². The molecule has 2 rings (SSSR count). The molecule has 0 saturated carbocycles. The van der Waals surface area contributed by atoms with Crippen LogP contribution < -0.4 is 4.74 Å². The highest BCUT2D eigenvalue weighted by molar-refractivity contribution is 5.70. The number of hydrogen-bond acceptors (Lipinski definition) is 2. The van der Waals surface area contributed by atoms with Gasteiger partial charge in [-0.15, -0.1) is 6.42 Å². The molecule has 0 N–H and O–H groups in total. The summed E-state index contributed by atoms with van der Waals surface area (Å²) in [7, 11) is 0. The zero-order valence-corrected chi connectivity index (χ0v) is 12.0. The molecule has 0 fully saturated rings. The lowest BCUT2D eigenvalue weighted by molar-refractivity contribution is 0.370. The lowest BCUT2D eigenvalue weighted by atomic mass is 10.0. The van der Waals surface area contributed by atoms with E-state index in [1.54, 1.807) is 0 Å². The van der Waals surface area contributed by atoms with E-state index < -0.39 is 0 Å². The van der Waals surface area contributed by atoms with E-state index in [0.29, 0.717) is 6.61 Å². The molecular weight excluding hydrogens is 246 g/mol. The van der Waals surface area contributed by atoms with E-state index in [9.17, 15) is 0 Å². The minimum Gasteiger partial charge on any atom is -0.481 e. The Morgan fingerprint density at radius 2 is 1.95 bits per heavy atom. The van der Waals surface area contributed by atoms with Gasteiger partial charge in [-0.1, -0.05) is 18.6 Å². The zero-order chi connectivity index (χ0) is 14.5. The van der Waals surface area contributed by atoms with E-state index in [0.717, 1.165) is 29.3 Å². The average Bonchev–Trinajstić information content (AvgIpc) is 2.48. The van der Waals surface area contributed by atoms with Gasteiger partial charge in [0.25, 0.3) is 0 Å². The Balaban J connectivity index is 2.26. The van der Waals surface area contributed by atoms with Crippen LogP contribution in [0.5, 0.6) is 5.75 Å². The summed E-state index contributed by atoms with van der Waals surface area (Å²) >= 11 is 0. The summed E-state index contributed by atoms with van der Waals surface area (Å²) in [6.07, 6.45) is 9.41. The number of hydrogen-bond donors (Lipinski definition) is 0. The Kier molecular flexibility index (Phi) is 4.32. The topological polar surface area (TPSA) is 12.5 Å². The number of terminal acetylenes is 1. The normalized spacial score (nSPS) is 14.4. The van der Waals surface area contributed by atoms with Crippen LogP contribution >= 0.6 is 0 Å². The Morgan fingerprint density at radius 3 is 2.55 bits per heavy atom. The largest absolute Gasteiger partial charge is 0.481 e.